The van der Waals surface area contributed by atoms with Crippen molar-refractivity contribution in [3.8, 4) is 5.75 Å². The van der Waals surface area contributed by atoms with Crippen LogP contribution in [0, 0.1) is 5.92 Å². The zero-order valence-corrected chi connectivity index (χ0v) is 11.9. The molecule has 0 bridgehead atoms. The maximum Gasteiger partial charge on any atom is 0.308 e. The molecule has 1 aromatic carbocycles. The molecule has 1 aliphatic carbocycles. The average molecular weight is 289 g/mol. The Balaban J connectivity index is 1.94. The lowest BCUT2D eigenvalue weighted by Crippen LogP contribution is -2.39. The van der Waals surface area contributed by atoms with Gasteiger partial charge in [0.05, 0.1) is 13.0 Å². The standard InChI is InChI=1S/C16H19NO4/c1-21-12-5-2-4-11(10-12)8-9-15(18)17-14-7-3-6-13(14)16(19)20/h2,4-5,8-10,13-14H,3,6-7H2,1H3,(H,17,18)(H,19,20). The Morgan fingerprint density at radius 1 is 1.38 bits per heavy atom. The van der Waals surface area contributed by atoms with Gasteiger partial charge in [0.25, 0.3) is 0 Å². The molecule has 2 N–H and O–H groups in total. The topological polar surface area (TPSA) is 75.6 Å². The second kappa shape index (κ2) is 6.92. The number of hydrogen-bond donors (Lipinski definition) is 2. The number of nitrogens with one attached hydrogen (secondary N) is 1. The first kappa shape index (κ1) is 15.1. The second-order valence-electron chi connectivity index (χ2n) is 5.10. The number of rotatable bonds is 5. The predicted molar refractivity (Wildman–Crippen MR) is 78.9 cm³/mol. The molecule has 0 spiro atoms. The average Bonchev–Trinajstić information content (AvgIpc) is 2.93. The summed E-state index contributed by atoms with van der Waals surface area (Å²) >= 11 is 0. The van der Waals surface area contributed by atoms with Gasteiger partial charge in [-0.25, -0.2) is 0 Å². The number of amides is 1. The third kappa shape index (κ3) is 4.08. The van der Waals surface area contributed by atoms with Gasteiger partial charge in [0, 0.05) is 12.1 Å². The van der Waals surface area contributed by atoms with E-state index < -0.39 is 11.9 Å². The first-order chi connectivity index (χ1) is 10.1. The van der Waals surface area contributed by atoms with E-state index in [1.807, 2.05) is 24.3 Å². The summed E-state index contributed by atoms with van der Waals surface area (Å²) in [5, 5.41) is 11.9. The lowest BCUT2D eigenvalue weighted by molar-refractivity contribution is -0.142. The summed E-state index contributed by atoms with van der Waals surface area (Å²) in [6, 6.07) is 7.08. The second-order valence-corrected chi connectivity index (χ2v) is 5.10. The van der Waals surface area contributed by atoms with E-state index in [1.165, 1.54) is 6.08 Å². The van der Waals surface area contributed by atoms with Gasteiger partial charge in [-0.1, -0.05) is 18.6 Å². The molecule has 1 amide bonds. The van der Waals surface area contributed by atoms with E-state index >= 15 is 0 Å². The molecule has 2 unspecified atom stereocenters. The molecule has 1 aliphatic rings. The lowest BCUT2D eigenvalue weighted by atomic mass is 10.0. The summed E-state index contributed by atoms with van der Waals surface area (Å²) in [6.45, 7) is 0. The van der Waals surface area contributed by atoms with Gasteiger partial charge in [-0.05, 0) is 36.6 Å². The normalized spacial score (nSPS) is 21.4. The predicted octanol–water partition coefficient (Wildman–Crippen LogP) is 2.08. The number of carbonyl (C=O) groups is 2. The summed E-state index contributed by atoms with van der Waals surface area (Å²) < 4.78 is 5.11. The molecule has 5 heteroatoms. The van der Waals surface area contributed by atoms with E-state index in [1.54, 1.807) is 13.2 Å². The van der Waals surface area contributed by atoms with Crippen LogP contribution in [0.25, 0.3) is 6.08 Å². The fourth-order valence-electron chi connectivity index (χ4n) is 2.58. The zero-order valence-electron chi connectivity index (χ0n) is 11.9. The van der Waals surface area contributed by atoms with Crippen molar-refractivity contribution in [2.24, 2.45) is 5.92 Å². The maximum atomic E-state index is 11.9. The smallest absolute Gasteiger partial charge is 0.308 e. The fraction of sp³-hybridized carbons (Fsp3) is 0.375. The Morgan fingerprint density at radius 3 is 2.90 bits per heavy atom. The minimum atomic E-state index is -0.838. The molecule has 0 saturated heterocycles. The number of carboxylic acid groups (broad SMARTS) is 1. The van der Waals surface area contributed by atoms with E-state index in [0.717, 1.165) is 24.2 Å². The monoisotopic (exact) mass is 289 g/mol. The van der Waals surface area contributed by atoms with Gasteiger partial charge >= 0.3 is 5.97 Å². The van der Waals surface area contributed by atoms with Crippen molar-refractivity contribution in [3.63, 3.8) is 0 Å². The number of hydrogen-bond acceptors (Lipinski definition) is 3. The quantitative estimate of drug-likeness (QED) is 0.814. The van der Waals surface area contributed by atoms with Crippen molar-refractivity contribution < 1.29 is 19.4 Å². The van der Waals surface area contributed by atoms with Gasteiger partial charge in [0.1, 0.15) is 5.75 Å². The molecule has 1 fully saturated rings. The molecule has 5 nitrogen and oxygen atoms in total. The molecule has 2 atom stereocenters. The molecule has 21 heavy (non-hydrogen) atoms. The molecule has 0 aliphatic heterocycles. The van der Waals surface area contributed by atoms with Crippen molar-refractivity contribution in [3.05, 3.63) is 35.9 Å². The Kier molecular flexibility index (Phi) is 4.98. The molecule has 1 aromatic rings. The summed E-state index contributed by atoms with van der Waals surface area (Å²) in [6.07, 6.45) is 5.28. The van der Waals surface area contributed by atoms with Gasteiger partial charge in [0.15, 0.2) is 0 Å². The molecular weight excluding hydrogens is 270 g/mol. The highest BCUT2D eigenvalue weighted by molar-refractivity contribution is 5.92. The van der Waals surface area contributed by atoms with Crippen molar-refractivity contribution in [2.75, 3.05) is 7.11 Å². The summed E-state index contributed by atoms with van der Waals surface area (Å²) in [4.78, 5) is 22.9. The molecule has 0 aromatic heterocycles. The minimum Gasteiger partial charge on any atom is -0.497 e. The molecule has 0 radical (unpaired) electrons. The fourth-order valence-corrected chi connectivity index (χ4v) is 2.58. The number of carbonyl (C=O) groups excluding carboxylic acids is 1. The van der Waals surface area contributed by atoms with Crippen molar-refractivity contribution >= 4 is 18.0 Å². The van der Waals surface area contributed by atoms with E-state index in [9.17, 15) is 9.59 Å². The van der Waals surface area contributed by atoms with Crippen LogP contribution in [-0.2, 0) is 9.59 Å². The van der Waals surface area contributed by atoms with Gasteiger partial charge in [-0.2, -0.15) is 0 Å². The number of benzene rings is 1. The van der Waals surface area contributed by atoms with Crippen molar-refractivity contribution in [1.29, 1.82) is 0 Å². The lowest BCUT2D eigenvalue weighted by Gasteiger charge is -2.16. The largest absolute Gasteiger partial charge is 0.497 e. The summed E-state index contributed by atoms with van der Waals surface area (Å²) in [5.74, 6) is -0.857. The highest BCUT2D eigenvalue weighted by Crippen LogP contribution is 2.25. The van der Waals surface area contributed by atoms with Gasteiger partial charge in [0.2, 0.25) is 5.91 Å². The molecule has 0 heterocycles. The number of carboxylic acids is 1. The molecular formula is C16H19NO4. The highest BCUT2D eigenvalue weighted by Gasteiger charge is 2.33. The van der Waals surface area contributed by atoms with Crippen LogP contribution in [0.2, 0.25) is 0 Å². The Hall–Kier alpha value is -2.30. The molecule has 1 saturated carbocycles. The maximum absolute atomic E-state index is 11.9. The van der Waals surface area contributed by atoms with Crippen molar-refractivity contribution in [2.45, 2.75) is 25.3 Å². The number of aliphatic carboxylic acids is 1. The van der Waals surface area contributed by atoms with Crippen LogP contribution >= 0.6 is 0 Å². The van der Waals surface area contributed by atoms with Crippen LogP contribution in [-0.4, -0.2) is 30.1 Å². The highest BCUT2D eigenvalue weighted by atomic mass is 16.5. The van der Waals surface area contributed by atoms with E-state index in [-0.39, 0.29) is 11.9 Å². The SMILES string of the molecule is COc1cccc(C=CC(=O)NC2CCCC2C(=O)O)c1. The van der Waals surface area contributed by atoms with Crippen LogP contribution in [0.15, 0.2) is 30.3 Å². The number of methoxy groups -OCH3 is 1. The first-order valence-corrected chi connectivity index (χ1v) is 6.95. The van der Waals surface area contributed by atoms with Crippen LogP contribution < -0.4 is 10.1 Å². The van der Waals surface area contributed by atoms with Gasteiger partial charge in [-0.3, -0.25) is 9.59 Å². The van der Waals surface area contributed by atoms with Crippen LogP contribution in [0.4, 0.5) is 0 Å². The van der Waals surface area contributed by atoms with E-state index in [2.05, 4.69) is 5.32 Å². The van der Waals surface area contributed by atoms with E-state index in [4.69, 9.17) is 9.84 Å². The van der Waals surface area contributed by atoms with Crippen LogP contribution in [0.1, 0.15) is 24.8 Å². The van der Waals surface area contributed by atoms with Crippen LogP contribution in [0.5, 0.6) is 5.75 Å². The molecule has 112 valence electrons. The first-order valence-electron chi connectivity index (χ1n) is 6.95. The van der Waals surface area contributed by atoms with Gasteiger partial charge < -0.3 is 15.2 Å². The zero-order chi connectivity index (χ0) is 15.2. The third-order valence-electron chi connectivity index (χ3n) is 3.68. The Labute approximate surface area is 123 Å². The number of ether oxygens (including phenoxy) is 1. The van der Waals surface area contributed by atoms with Crippen LogP contribution in [0.3, 0.4) is 0 Å². The van der Waals surface area contributed by atoms with E-state index in [0.29, 0.717) is 6.42 Å². The van der Waals surface area contributed by atoms with Crippen molar-refractivity contribution in [1.82, 2.24) is 5.32 Å². The Bertz CT molecular complexity index is 553. The third-order valence-corrected chi connectivity index (χ3v) is 3.68. The van der Waals surface area contributed by atoms with Gasteiger partial charge in [-0.15, -0.1) is 0 Å². The molecule has 2 rings (SSSR count). The Morgan fingerprint density at radius 2 is 2.19 bits per heavy atom. The summed E-state index contributed by atoms with van der Waals surface area (Å²) in [7, 11) is 1.58. The summed E-state index contributed by atoms with van der Waals surface area (Å²) in [5.41, 5.74) is 0.853. The minimum absolute atomic E-state index is 0.268.